The zero-order valence-corrected chi connectivity index (χ0v) is 17.0. The predicted octanol–water partition coefficient (Wildman–Crippen LogP) is 3.04. The maximum Gasteiger partial charge on any atom is 0.277 e. The van der Waals surface area contributed by atoms with Crippen molar-refractivity contribution in [3.8, 4) is 11.3 Å². The van der Waals surface area contributed by atoms with E-state index in [2.05, 4.69) is 25.4 Å². The largest absolute Gasteiger partial charge is 0.355 e. The highest BCUT2D eigenvalue weighted by Crippen LogP contribution is 2.29. The molecule has 154 valence electrons. The summed E-state index contributed by atoms with van der Waals surface area (Å²) in [6, 6.07) is 11.2. The van der Waals surface area contributed by atoms with Gasteiger partial charge in [-0.3, -0.25) is 19.9 Å². The van der Waals surface area contributed by atoms with E-state index in [0.29, 0.717) is 30.4 Å². The van der Waals surface area contributed by atoms with Crippen LogP contribution in [0.3, 0.4) is 0 Å². The summed E-state index contributed by atoms with van der Waals surface area (Å²) < 4.78 is 5.36. The maximum atomic E-state index is 12.9. The van der Waals surface area contributed by atoms with Crippen molar-refractivity contribution < 1.29 is 14.1 Å². The molecule has 2 amide bonds. The molecule has 1 aliphatic rings. The lowest BCUT2D eigenvalue weighted by Gasteiger charge is -2.25. The minimum Gasteiger partial charge on any atom is -0.355 e. The van der Waals surface area contributed by atoms with Crippen LogP contribution in [0.4, 0.5) is 5.13 Å². The summed E-state index contributed by atoms with van der Waals surface area (Å²) in [6.45, 7) is 0.918. The highest BCUT2D eigenvalue weighted by Gasteiger charge is 2.27. The normalized spacial score (nSPS) is 13.0. The molecule has 1 aromatic carbocycles. The fraction of sp³-hybridized carbons (Fsp3) is 0.143. The third-order valence-electron chi connectivity index (χ3n) is 4.82. The number of nitrogens with zero attached hydrogens (tertiary/aromatic N) is 5. The molecule has 0 unspecified atom stereocenters. The van der Waals surface area contributed by atoms with Crippen LogP contribution in [0.1, 0.15) is 31.5 Å². The van der Waals surface area contributed by atoms with Gasteiger partial charge in [0.1, 0.15) is 5.69 Å². The summed E-state index contributed by atoms with van der Waals surface area (Å²) in [4.78, 5) is 40.2. The van der Waals surface area contributed by atoms with Crippen molar-refractivity contribution >= 4 is 28.3 Å². The van der Waals surface area contributed by atoms with Gasteiger partial charge in [-0.2, -0.15) is 0 Å². The van der Waals surface area contributed by atoms with Crippen LogP contribution in [-0.2, 0) is 13.0 Å². The van der Waals surface area contributed by atoms with Gasteiger partial charge in [-0.05, 0) is 0 Å². The summed E-state index contributed by atoms with van der Waals surface area (Å²) in [5, 5.41) is 7.18. The van der Waals surface area contributed by atoms with Crippen molar-refractivity contribution in [1.29, 1.82) is 0 Å². The lowest BCUT2D eigenvalue weighted by Crippen LogP contribution is -2.35. The fourth-order valence-electron chi connectivity index (χ4n) is 3.28. The predicted molar refractivity (Wildman–Crippen MR) is 112 cm³/mol. The Hall–Kier alpha value is -3.92. The van der Waals surface area contributed by atoms with E-state index in [-0.39, 0.29) is 23.2 Å². The van der Waals surface area contributed by atoms with Gasteiger partial charge in [0.05, 0.1) is 18.4 Å². The first-order valence-electron chi connectivity index (χ1n) is 9.55. The van der Waals surface area contributed by atoms with E-state index in [1.165, 1.54) is 29.9 Å². The summed E-state index contributed by atoms with van der Waals surface area (Å²) >= 11 is 1.35. The molecule has 4 heterocycles. The van der Waals surface area contributed by atoms with E-state index in [1.807, 2.05) is 30.3 Å². The van der Waals surface area contributed by atoms with Crippen LogP contribution in [0.2, 0.25) is 0 Å². The molecule has 0 atom stereocenters. The number of benzene rings is 1. The third-order valence-corrected chi connectivity index (χ3v) is 5.82. The molecule has 9 nitrogen and oxygen atoms in total. The Morgan fingerprint density at radius 1 is 1.13 bits per heavy atom. The Balaban J connectivity index is 1.28. The second kappa shape index (κ2) is 8.07. The van der Waals surface area contributed by atoms with Crippen LogP contribution in [0.5, 0.6) is 0 Å². The molecule has 5 rings (SSSR count). The van der Waals surface area contributed by atoms with E-state index in [4.69, 9.17) is 4.52 Å². The number of fused-ring (bicyclic) bond motifs is 1. The molecule has 0 bridgehead atoms. The number of hydrogen-bond donors (Lipinski definition) is 1. The van der Waals surface area contributed by atoms with E-state index < -0.39 is 0 Å². The molecule has 31 heavy (non-hydrogen) atoms. The van der Waals surface area contributed by atoms with Crippen LogP contribution in [0.15, 0.2) is 59.5 Å². The smallest absolute Gasteiger partial charge is 0.277 e. The van der Waals surface area contributed by atoms with E-state index >= 15 is 0 Å². The van der Waals surface area contributed by atoms with Crippen LogP contribution < -0.4 is 5.32 Å². The van der Waals surface area contributed by atoms with Crippen molar-refractivity contribution in [2.45, 2.75) is 13.0 Å². The van der Waals surface area contributed by atoms with Crippen molar-refractivity contribution in [1.82, 2.24) is 25.0 Å². The fourth-order valence-corrected chi connectivity index (χ4v) is 4.30. The lowest BCUT2D eigenvalue weighted by molar-refractivity contribution is 0.0725. The molecule has 0 saturated heterocycles. The minimum atomic E-state index is -0.372. The highest BCUT2D eigenvalue weighted by atomic mass is 32.1. The maximum absolute atomic E-state index is 12.9. The van der Waals surface area contributed by atoms with Gasteiger partial charge in [-0.25, -0.2) is 9.97 Å². The molecule has 0 spiro atoms. The Morgan fingerprint density at radius 2 is 2.00 bits per heavy atom. The molecule has 3 aromatic heterocycles. The monoisotopic (exact) mass is 432 g/mol. The number of hydrogen-bond acceptors (Lipinski definition) is 8. The van der Waals surface area contributed by atoms with Crippen molar-refractivity contribution in [2.75, 3.05) is 11.9 Å². The zero-order valence-electron chi connectivity index (χ0n) is 16.2. The number of anilines is 1. The molecule has 1 aliphatic heterocycles. The number of amides is 2. The zero-order chi connectivity index (χ0) is 21.2. The summed E-state index contributed by atoms with van der Waals surface area (Å²) in [5.74, 6) is -0.0215. The van der Waals surface area contributed by atoms with Gasteiger partial charge in [0, 0.05) is 41.9 Å². The number of carbonyl (C=O) groups excluding carboxylic acids is 2. The van der Waals surface area contributed by atoms with Crippen LogP contribution >= 0.6 is 11.3 Å². The van der Waals surface area contributed by atoms with Gasteiger partial charge in [0.25, 0.3) is 11.8 Å². The Bertz CT molecular complexity index is 1240. The van der Waals surface area contributed by atoms with Gasteiger partial charge in [0.2, 0.25) is 0 Å². The second-order valence-electron chi connectivity index (χ2n) is 6.85. The first-order chi connectivity index (χ1) is 15.2. The molecule has 4 aromatic rings. The molecular weight excluding hydrogens is 416 g/mol. The number of thiazole rings is 1. The number of rotatable bonds is 4. The standard InChI is InChI=1S/C21H16N6O3S/c28-19(16-11-22-7-8-23-16)25-21-24-14-6-9-27(12-18(14)31-21)20(29)15-10-17(30-26-15)13-4-2-1-3-5-13/h1-5,7-8,10-11H,6,9,12H2,(H,24,25,28). The van der Waals surface area contributed by atoms with Gasteiger partial charge >= 0.3 is 0 Å². The summed E-state index contributed by atoms with van der Waals surface area (Å²) in [6.07, 6.45) is 4.95. The molecule has 0 fully saturated rings. The molecular formula is C21H16N6O3S. The number of aromatic nitrogens is 4. The summed E-state index contributed by atoms with van der Waals surface area (Å²) in [5.41, 5.74) is 2.23. The topological polar surface area (TPSA) is 114 Å². The highest BCUT2D eigenvalue weighted by molar-refractivity contribution is 7.15. The SMILES string of the molecule is O=C(Nc1nc2c(s1)CN(C(=O)c1cc(-c3ccccc3)on1)CC2)c1cnccn1. The van der Waals surface area contributed by atoms with Gasteiger partial charge in [-0.15, -0.1) is 0 Å². The first kappa shape index (κ1) is 19.1. The minimum absolute atomic E-state index is 0.199. The lowest BCUT2D eigenvalue weighted by atomic mass is 10.1. The third kappa shape index (κ3) is 3.92. The van der Waals surface area contributed by atoms with Crippen LogP contribution in [-0.4, -0.2) is 43.4 Å². The van der Waals surface area contributed by atoms with E-state index in [0.717, 1.165) is 16.1 Å². The average Bonchev–Trinajstić information content (AvgIpc) is 3.46. The van der Waals surface area contributed by atoms with Crippen LogP contribution in [0, 0.1) is 0 Å². The molecule has 10 heteroatoms. The number of carbonyl (C=O) groups is 2. The van der Waals surface area contributed by atoms with Crippen molar-refractivity contribution in [2.24, 2.45) is 0 Å². The van der Waals surface area contributed by atoms with Crippen molar-refractivity contribution in [3.05, 3.63) is 76.9 Å². The van der Waals surface area contributed by atoms with E-state index in [9.17, 15) is 9.59 Å². The number of nitrogens with one attached hydrogen (secondary N) is 1. The Labute approximate surface area is 180 Å². The molecule has 0 saturated carbocycles. The van der Waals surface area contributed by atoms with Gasteiger partial charge in [-0.1, -0.05) is 46.8 Å². The van der Waals surface area contributed by atoms with E-state index in [1.54, 1.807) is 11.0 Å². The molecule has 0 aliphatic carbocycles. The van der Waals surface area contributed by atoms with Crippen LogP contribution in [0.25, 0.3) is 11.3 Å². The van der Waals surface area contributed by atoms with Gasteiger partial charge in [0.15, 0.2) is 16.6 Å². The molecule has 1 N–H and O–H groups in total. The second-order valence-corrected chi connectivity index (χ2v) is 7.94. The quantitative estimate of drug-likeness (QED) is 0.527. The van der Waals surface area contributed by atoms with Gasteiger partial charge < -0.3 is 9.42 Å². The first-order valence-corrected chi connectivity index (χ1v) is 10.4. The summed E-state index contributed by atoms with van der Waals surface area (Å²) in [7, 11) is 0. The van der Waals surface area contributed by atoms with Crippen molar-refractivity contribution in [3.63, 3.8) is 0 Å². The average molecular weight is 432 g/mol. The Kier molecular flexibility index (Phi) is 4.97. The Morgan fingerprint density at radius 3 is 2.81 bits per heavy atom. The molecule has 0 radical (unpaired) electrons.